The molecule has 1 aliphatic rings. The summed E-state index contributed by atoms with van der Waals surface area (Å²) >= 11 is 0. The second kappa shape index (κ2) is 7.80. The number of nitrogens with zero attached hydrogens (tertiary/aromatic N) is 2. The largest absolute Gasteiger partial charge is 0.323 e. The van der Waals surface area contributed by atoms with Gasteiger partial charge in [0.2, 0.25) is 0 Å². The molecule has 152 valence electrons. The minimum Gasteiger partial charge on any atom is -0.323 e. The van der Waals surface area contributed by atoms with Crippen LogP contribution in [0.3, 0.4) is 0 Å². The summed E-state index contributed by atoms with van der Waals surface area (Å²) < 4.78 is 16.3. The maximum atomic E-state index is 14.2. The number of carbonyl (C=O) groups is 1. The van der Waals surface area contributed by atoms with Crippen LogP contribution in [0.15, 0.2) is 91.4 Å². The van der Waals surface area contributed by atoms with Crippen molar-refractivity contribution in [1.29, 1.82) is 0 Å². The highest BCUT2D eigenvalue weighted by atomic mass is 19.1. The minimum atomic E-state index is -0.295. The fourth-order valence-corrected chi connectivity index (χ4v) is 4.45. The lowest BCUT2D eigenvalue weighted by Gasteiger charge is -2.18. The van der Waals surface area contributed by atoms with Crippen LogP contribution in [0, 0.1) is 5.82 Å². The van der Waals surface area contributed by atoms with Crippen molar-refractivity contribution in [2.45, 2.75) is 19.4 Å². The number of halogens is 1. The number of carbonyl (C=O) groups excluding carboxylic acids is 1. The Bertz CT molecular complexity index is 1300. The van der Waals surface area contributed by atoms with Gasteiger partial charge in [0.05, 0.1) is 24.3 Å². The van der Waals surface area contributed by atoms with Gasteiger partial charge in [0, 0.05) is 17.5 Å². The van der Waals surface area contributed by atoms with Gasteiger partial charge in [0.25, 0.3) is 0 Å². The van der Waals surface area contributed by atoms with E-state index in [2.05, 4.69) is 28.6 Å². The Morgan fingerprint density at radius 1 is 0.968 bits per heavy atom. The van der Waals surface area contributed by atoms with E-state index in [0.717, 1.165) is 22.4 Å². The first-order valence-electron chi connectivity index (χ1n) is 10.3. The van der Waals surface area contributed by atoms with E-state index < -0.39 is 0 Å². The zero-order valence-electron chi connectivity index (χ0n) is 17.1. The van der Waals surface area contributed by atoms with Crippen LogP contribution in [-0.4, -0.2) is 15.3 Å². The van der Waals surface area contributed by atoms with Gasteiger partial charge in [-0.25, -0.2) is 9.37 Å². The molecule has 0 aliphatic carbocycles. The molecule has 4 heteroatoms. The summed E-state index contributed by atoms with van der Waals surface area (Å²) in [5, 5.41) is 0. The van der Waals surface area contributed by atoms with Gasteiger partial charge in [0.15, 0.2) is 5.78 Å². The van der Waals surface area contributed by atoms with Gasteiger partial charge < -0.3 is 4.57 Å². The first-order chi connectivity index (χ1) is 15.1. The van der Waals surface area contributed by atoms with Crippen LogP contribution in [-0.2, 0) is 0 Å². The molecule has 3 aromatic carbocycles. The van der Waals surface area contributed by atoms with Crippen molar-refractivity contribution in [2.75, 3.05) is 0 Å². The lowest BCUT2D eigenvalue weighted by molar-refractivity contribution is 0.0972. The standard InChI is InChI=1S/C27H21FN2O/c1-18-25-16-29-17-30(25)24(27(18)19-8-3-2-4-9-19)15-26(31)21-11-7-10-20(14-21)22-12-5-6-13-23(22)28/h2-14,16-17,24H,15H2,1H3. The normalized spacial score (nSPS) is 15.2. The van der Waals surface area contributed by atoms with Crippen molar-refractivity contribution in [1.82, 2.24) is 9.55 Å². The molecular formula is C27H21FN2O. The van der Waals surface area contributed by atoms with Crippen molar-refractivity contribution < 1.29 is 9.18 Å². The highest BCUT2D eigenvalue weighted by Crippen LogP contribution is 2.44. The van der Waals surface area contributed by atoms with Gasteiger partial charge in [-0.05, 0) is 41.3 Å². The quantitative estimate of drug-likeness (QED) is 0.356. The van der Waals surface area contributed by atoms with E-state index in [9.17, 15) is 9.18 Å². The lowest BCUT2D eigenvalue weighted by Crippen LogP contribution is -2.13. The van der Waals surface area contributed by atoms with E-state index in [-0.39, 0.29) is 17.6 Å². The summed E-state index contributed by atoms with van der Waals surface area (Å²) in [7, 11) is 0. The SMILES string of the molecule is CC1=C(c2ccccc2)C(CC(=O)c2cccc(-c3ccccc3F)c2)n2cncc21. The highest BCUT2D eigenvalue weighted by molar-refractivity contribution is 6.01. The first-order valence-corrected chi connectivity index (χ1v) is 10.3. The van der Waals surface area contributed by atoms with Crippen molar-refractivity contribution in [2.24, 2.45) is 0 Å². The average Bonchev–Trinajstić information content (AvgIpc) is 3.38. The summed E-state index contributed by atoms with van der Waals surface area (Å²) in [4.78, 5) is 17.6. The molecule has 1 unspecified atom stereocenters. The fourth-order valence-electron chi connectivity index (χ4n) is 4.45. The van der Waals surface area contributed by atoms with E-state index in [1.54, 1.807) is 36.7 Å². The fraction of sp³-hybridized carbons (Fsp3) is 0.111. The summed E-state index contributed by atoms with van der Waals surface area (Å²) in [5.41, 5.74) is 6.22. The summed E-state index contributed by atoms with van der Waals surface area (Å²) in [6.45, 7) is 2.08. The molecule has 0 saturated carbocycles. The molecule has 3 nitrogen and oxygen atoms in total. The van der Waals surface area contributed by atoms with Crippen LogP contribution in [0.4, 0.5) is 4.39 Å². The molecule has 0 amide bonds. The van der Waals surface area contributed by atoms with Gasteiger partial charge in [-0.2, -0.15) is 0 Å². The zero-order valence-corrected chi connectivity index (χ0v) is 17.1. The Morgan fingerprint density at radius 3 is 2.52 bits per heavy atom. The number of hydrogen-bond donors (Lipinski definition) is 0. The molecule has 0 fully saturated rings. The smallest absolute Gasteiger partial charge is 0.165 e. The number of benzene rings is 3. The molecule has 1 aromatic heterocycles. The zero-order chi connectivity index (χ0) is 21.4. The summed E-state index contributed by atoms with van der Waals surface area (Å²) in [6, 6.07) is 23.9. The van der Waals surface area contributed by atoms with Crippen molar-refractivity contribution >= 4 is 16.9 Å². The van der Waals surface area contributed by atoms with Crippen molar-refractivity contribution in [3.63, 3.8) is 0 Å². The van der Waals surface area contributed by atoms with Gasteiger partial charge in [-0.15, -0.1) is 0 Å². The van der Waals surface area contributed by atoms with E-state index in [4.69, 9.17) is 0 Å². The molecule has 0 N–H and O–H groups in total. The van der Waals surface area contributed by atoms with Crippen LogP contribution in [0.5, 0.6) is 0 Å². The van der Waals surface area contributed by atoms with Crippen molar-refractivity contribution in [3.05, 3.63) is 114 Å². The number of aromatic nitrogens is 2. The number of ketones is 1. The molecule has 31 heavy (non-hydrogen) atoms. The third-order valence-electron chi connectivity index (χ3n) is 5.96. The maximum absolute atomic E-state index is 14.2. The van der Waals surface area contributed by atoms with Gasteiger partial charge >= 0.3 is 0 Å². The molecule has 1 aliphatic heterocycles. The molecule has 2 heterocycles. The molecule has 0 bridgehead atoms. The third kappa shape index (κ3) is 3.40. The summed E-state index contributed by atoms with van der Waals surface area (Å²) in [6.07, 6.45) is 3.95. The predicted octanol–water partition coefficient (Wildman–Crippen LogP) is 6.45. The second-order valence-corrected chi connectivity index (χ2v) is 7.79. The second-order valence-electron chi connectivity index (χ2n) is 7.79. The number of fused-ring (bicyclic) bond motifs is 1. The molecule has 4 aromatic rings. The lowest BCUT2D eigenvalue weighted by atomic mass is 9.91. The van der Waals surface area contributed by atoms with Crippen LogP contribution < -0.4 is 0 Å². The number of hydrogen-bond acceptors (Lipinski definition) is 2. The van der Waals surface area contributed by atoms with Crippen LogP contribution >= 0.6 is 0 Å². The first kappa shape index (κ1) is 19.2. The van der Waals surface area contributed by atoms with E-state index >= 15 is 0 Å². The van der Waals surface area contributed by atoms with Gasteiger partial charge in [-0.3, -0.25) is 4.79 Å². The van der Waals surface area contributed by atoms with Crippen LogP contribution in [0.25, 0.3) is 22.3 Å². The molecule has 0 radical (unpaired) electrons. The van der Waals surface area contributed by atoms with Crippen LogP contribution in [0.1, 0.15) is 41.0 Å². The maximum Gasteiger partial charge on any atom is 0.165 e. The Labute approximate surface area is 180 Å². The number of rotatable bonds is 5. The Morgan fingerprint density at radius 2 is 1.71 bits per heavy atom. The predicted molar refractivity (Wildman–Crippen MR) is 121 cm³/mol. The third-order valence-corrected chi connectivity index (χ3v) is 5.96. The topological polar surface area (TPSA) is 34.9 Å². The molecule has 0 spiro atoms. The minimum absolute atomic E-state index is 0.0194. The van der Waals surface area contributed by atoms with E-state index in [1.807, 2.05) is 36.5 Å². The van der Waals surface area contributed by atoms with Crippen LogP contribution in [0.2, 0.25) is 0 Å². The van der Waals surface area contributed by atoms with Gasteiger partial charge in [-0.1, -0.05) is 66.7 Å². The number of Topliss-reactive ketones (excluding diaryl/α,β-unsaturated/α-hetero) is 1. The highest BCUT2D eigenvalue weighted by Gasteiger charge is 2.31. The van der Waals surface area contributed by atoms with Crippen molar-refractivity contribution in [3.8, 4) is 11.1 Å². The Kier molecular flexibility index (Phi) is 4.83. The molecular weight excluding hydrogens is 387 g/mol. The number of allylic oxidation sites excluding steroid dienone is 2. The molecule has 5 rings (SSSR count). The van der Waals surface area contributed by atoms with Gasteiger partial charge in [0.1, 0.15) is 5.82 Å². The summed E-state index contributed by atoms with van der Waals surface area (Å²) in [5.74, 6) is -0.276. The Hall–Kier alpha value is -3.79. The average molecular weight is 408 g/mol. The monoisotopic (exact) mass is 408 g/mol. The Balaban J connectivity index is 1.49. The number of imidazole rings is 1. The van der Waals surface area contributed by atoms with E-state index in [1.165, 1.54) is 6.07 Å². The molecule has 0 saturated heterocycles. The molecule has 1 atom stereocenters. The van der Waals surface area contributed by atoms with E-state index in [0.29, 0.717) is 23.1 Å².